The van der Waals surface area contributed by atoms with E-state index in [1.165, 1.54) is 49.4 Å². The molecular weight excluding hydrogens is 515 g/mol. The summed E-state index contributed by atoms with van der Waals surface area (Å²) in [6.07, 6.45) is 0. The smallest absolute Gasteiger partial charge is 0.321 e. The first-order valence-corrected chi connectivity index (χ1v) is 11.5. The summed E-state index contributed by atoms with van der Waals surface area (Å²) in [5, 5.41) is 9.94. The van der Waals surface area contributed by atoms with Gasteiger partial charge in [-0.1, -0.05) is 11.6 Å². The standard InChI is InChI=1S/C19H13Cl2F2N7O3S/c1-10-8-14(19(21,22)23)30-17(24-10)9-13(28-30)18(31)25-11-2-4-12(5-3-11)34(32,33)29-16-7-6-15(20)26-27-16/h2-9H,1H3,(H,25,31)(H,27,29). The van der Waals surface area contributed by atoms with Crippen molar-refractivity contribution in [3.63, 3.8) is 0 Å². The molecule has 0 spiro atoms. The highest BCUT2D eigenvalue weighted by Gasteiger charge is 2.32. The van der Waals surface area contributed by atoms with Crippen LogP contribution in [0.4, 0.5) is 20.3 Å². The van der Waals surface area contributed by atoms with Gasteiger partial charge < -0.3 is 5.32 Å². The van der Waals surface area contributed by atoms with Crippen molar-refractivity contribution in [2.75, 3.05) is 10.0 Å². The van der Waals surface area contributed by atoms with Crippen LogP contribution in [0.15, 0.2) is 53.4 Å². The normalized spacial score (nSPS) is 12.0. The second kappa shape index (κ2) is 8.74. The average Bonchev–Trinajstić information content (AvgIpc) is 3.18. The van der Waals surface area contributed by atoms with Crippen LogP contribution in [0.1, 0.15) is 21.9 Å². The molecule has 15 heteroatoms. The van der Waals surface area contributed by atoms with Gasteiger partial charge in [0.15, 0.2) is 22.3 Å². The second-order valence-corrected chi connectivity index (χ2v) is 9.45. The highest BCUT2D eigenvalue weighted by atomic mass is 35.5. The third kappa shape index (κ3) is 5.05. The van der Waals surface area contributed by atoms with Crippen LogP contribution in [0.5, 0.6) is 0 Å². The van der Waals surface area contributed by atoms with Crippen molar-refractivity contribution in [2.24, 2.45) is 0 Å². The van der Waals surface area contributed by atoms with E-state index in [1.807, 2.05) is 0 Å². The summed E-state index contributed by atoms with van der Waals surface area (Å²) in [4.78, 5) is 16.6. The van der Waals surface area contributed by atoms with E-state index in [4.69, 9.17) is 23.2 Å². The molecule has 176 valence electrons. The Kier molecular flexibility index (Phi) is 6.10. The number of fused-ring (bicyclic) bond motifs is 1. The number of anilines is 2. The quantitative estimate of drug-likeness (QED) is 0.364. The molecule has 0 aliphatic carbocycles. The number of hydrogen-bond acceptors (Lipinski definition) is 7. The summed E-state index contributed by atoms with van der Waals surface area (Å²) < 4.78 is 55.5. The fraction of sp³-hybridized carbons (Fsp3) is 0.105. The monoisotopic (exact) mass is 527 g/mol. The maximum absolute atomic E-state index is 13.7. The largest absolute Gasteiger partial charge is 0.364 e. The molecule has 2 N–H and O–H groups in total. The van der Waals surface area contributed by atoms with Gasteiger partial charge >= 0.3 is 5.38 Å². The second-order valence-electron chi connectivity index (χ2n) is 6.91. The lowest BCUT2D eigenvalue weighted by Gasteiger charge is -2.10. The Balaban J connectivity index is 1.53. The van der Waals surface area contributed by atoms with Crippen molar-refractivity contribution >= 4 is 56.3 Å². The number of nitrogens with zero attached hydrogens (tertiary/aromatic N) is 5. The van der Waals surface area contributed by atoms with Crippen LogP contribution in [0, 0.1) is 6.92 Å². The summed E-state index contributed by atoms with van der Waals surface area (Å²) in [7, 11) is -3.98. The zero-order chi connectivity index (χ0) is 24.7. The van der Waals surface area contributed by atoms with Crippen LogP contribution < -0.4 is 10.0 Å². The van der Waals surface area contributed by atoms with E-state index >= 15 is 0 Å². The number of carbonyl (C=O) groups is 1. The molecule has 0 saturated carbocycles. The maximum atomic E-state index is 13.7. The Morgan fingerprint density at radius 3 is 2.41 bits per heavy atom. The number of rotatable bonds is 6. The van der Waals surface area contributed by atoms with Gasteiger partial charge in [0.05, 0.1) is 4.90 Å². The molecule has 10 nitrogen and oxygen atoms in total. The minimum atomic E-state index is -3.98. The number of nitrogens with one attached hydrogen (secondary N) is 2. The third-order valence-corrected chi connectivity index (χ3v) is 6.14. The van der Waals surface area contributed by atoms with Gasteiger partial charge in [0.2, 0.25) is 0 Å². The fourth-order valence-corrected chi connectivity index (χ4v) is 4.12. The SMILES string of the molecule is Cc1cc(C(F)(F)Cl)n2nc(C(=O)Nc3ccc(S(=O)(=O)Nc4ccc(Cl)nn4)cc3)cc2n1. The van der Waals surface area contributed by atoms with E-state index in [1.54, 1.807) is 0 Å². The van der Waals surface area contributed by atoms with Gasteiger partial charge in [-0.15, -0.1) is 10.2 Å². The van der Waals surface area contributed by atoms with Crippen LogP contribution in [0.25, 0.3) is 5.65 Å². The number of sulfonamides is 1. The summed E-state index contributed by atoms with van der Waals surface area (Å²) in [6.45, 7) is 1.50. The van der Waals surface area contributed by atoms with Gasteiger partial charge in [-0.2, -0.15) is 13.9 Å². The highest BCUT2D eigenvalue weighted by molar-refractivity contribution is 7.92. The van der Waals surface area contributed by atoms with Gasteiger partial charge in [0.25, 0.3) is 15.9 Å². The number of halogens is 4. The fourth-order valence-electron chi connectivity index (χ4n) is 2.89. The number of amides is 1. The highest BCUT2D eigenvalue weighted by Crippen LogP contribution is 2.32. The van der Waals surface area contributed by atoms with E-state index in [0.29, 0.717) is 0 Å². The predicted molar refractivity (Wildman–Crippen MR) is 120 cm³/mol. The van der Waals surface area contributed by atoms with E-state index < -0.39 is 27.0 Å². The lowest BCUT2D eigenvalue weighted by atomic mass is 10.3. The Labute approximate surface area is 201 Å². The molecule has 0 aliphatic heterocycles. The minimum Gasteiger partial charge on any atom is -0.321 e. The van der Waals surface area contributed by atoms with Gasteiger partial charge in [0, 0.05) is 17.4 Å². The summed E-state index contributed by atoms with van der Waals surface area (Å²) in [6, 6.07) is 10.2. The molecule has 3 heterocycles. The van der Waals surface area contributed by atoms with Gasteiger partial charge in [-0.3, -0.25) is 9.52 Å². The van der Waals surface area contributed by atoms with Crippen molar-refractivity contribution in [3.8, 4) is 0 Å². The molecule has 0 saturated heterocycles. The van der Waals surface area contributed by atoms with Crippen molar-refractivity contribution in [2.45, 2.75) is 17.2 Å². The van der Waals surface area contributed by atoms with Crippen LogP contribution in [-0.4, -0.2) is 39.1 Å². The summed E-state index contributed by atoms with van der Waals surface area (Å²) >= 11 is 10.8. The van der Waals surface area contributed by atoms with E-state index in [-0.39, 0.29) is 38.6 Å². The Bertz CT molecular complexity index is 1490. The molecule has 0 bridgehead atoms. The zero-order valence-electron chi connectivity index (χ0n) is 17.0. The lowest BCUT2D eigenvalue weighted by molar-refractivity contribution is 0.0868. The van der Waals surface area contributed by atoms with Crippen LogP contribution in [-0.2, 0) is 15.4 Å². The van der Waals surface area contributed by atoms with Crippen molar-refractivity contribution < 1.29 is 22.0 Å². The molecule has 0 radical (unpaired) electrons. The number of benzene rings is 1. The van der Waals surface area contributed by atoms with E-state index in [9.17, 15) is 22.0 Å². The molecule has 4 aromatic rings. The van der Waals surface area contributed by atoms with Gasteiger partial charge in [-0.25, -0.2) is 17.9 Å². The number of aromatic nitrogens is 5. The van der Waals surface area contributed by atoms with Crippen molar-refractivity contribution in [1.29, 1.82) is 0 Å². The summed E-state index contributed by atoms with van der Waals surface area (Å²) in [5.41, 5.74) is -0.314. The minimum absolute atomic E-state index is 0.0123. The van der Waals surface area contributed by atoms with Crippen molar-refractivity contribution in [3.05, 3.63) is 70.8 Å². The average molecular weight is 528 g/mol. The molecule has 34 heavy (non-hydrogen) atoms. The number of hydrogen-bond donors (Lipinski definition) is 2. The Hall–Kier alpha value is -3.42. The van der Waals surface area contributed by atoms with Crippen molar-refractivity contribution in [1.82, 2.24) is 24.8 Å². The number of alkyl halides is 3. The molecule has 0 fully saturated rings. The summed E-state index contributed by atoms with van der Waals surface area (Å²) in [5.74, 6) is -0.753. The van der Waals surface area contributed by atoms with Crippen LogP contribution in [0.2, 0.25) is 5.15 Å². The third-order valence-electron chi connectivity index (χ3n) is 4.37. The first-order valence-electron chi connectivity index (χ1n) is 9.30. The van der Waals surface area contributed by atoms with Crippen LogP contribution in [0.3, 0.4) is 0 Å². The number of carbonyl (C=O) groups excluding carboxylic acids is 1. The molecular formula is C19H13Cl2F2N7O3S. The molecule has 0 atom stereocenters. The van der Waals surface area contributed by atoms with Crippen LogP contribution >= 0.6 is 23.2 Å². The Morgan fingerprint density at radius 2 is 1.79 bits per heavy atom. The number of aryl methyl sites for hydroxylation is 1. The van der Waals surface area contributed by atoms with E-state index in [2.05, 4.69) is 30.3 Å². The van der Waals surface area contributed by atoms with Gasteiger partial charge in [0.1, 0.15) is 5.69 Å². The first-order chi connectivity index (χ1) is 15.9. The predicted octanol–water partition coefficient (Wildman–Crippen LogP) is 3.82. The molecule has 1 aromatic carbocycles. The van der Waals surface area contributed by atoms with E-state index in [0.717, 1.165) is 10.6 Å². The molecule has 3 aromatic heterocycles. The zero-order valence-corrected chi connectivity index (χ0v) is 19.3. The Morgan fingerprint density at radius 1 is 1.09 bits per heavy atom. The maximum Gasteiger partial charge on any atom is 0.364 e. The molecule has 1 amide bonds. The lowest BCUT2D eigenvalue weighted by Crippen LogP contribution is -2.16. The van der Waals surface area contributed by atoms with Gasteiger partial charge in [-0.05, 0) is 61.0 Å². The molecule has 4 rings (SSSR count). The molecule has 0 unspecified atom stereocenters. The topological polar surface area (TPSA) is 131 Å². The first kappa shape index (κ1) is 23.7. The molecule has 0 aliphatic rings.